The van der Waals surface area contributed by atoms with Crippen LogP contribution in [0.15, 0.2) is 24.4 Å². The van der Waals surface area contributed by atoms with E-state index in [-0.39, 0.29) is 17.4 Å². The second kappa shape index (κ2) is 9.21. The first kappa shape index (κ1) is 24.6. The molecule has 0 atom stereocenters. The number of fused-ring (bicyclic) bond motifs is 2. The summed E-state index contributed by atoms with van der Waals surface area (Å²) < 4.78 is 33.6. The number of imidazole rings is 1. The van der Waals surface area contributed by atoms with Gasteiger partial charge in [-0.2, -0.15) is 9.97 Å². The number of carbonyl (C=O) groups excluding carboxylic acids is 1. The SMILES string of the molecule is COc1nc(NC2CC(C)(C(=O)N3CCCC3)C2)nc2[nH]cc(-c3ccc4nc(C)n(CC(F)F)c4c3)c12. The number of hydrogen-bond acceptors (Lipinski definition) is 6. The van der Waals surface area contributed by atoms with Crippen molar-refractivity contribution in [1.82, 2.24) is 29.4 Å². The van der Waals surface area contributed by atoms with E-state index < -0.39 is 13.0 Å². The summed E-state index contributed by atoms with van der Waals surface area (Å²) in [6, 6.07) is 5.70. The number of anilines is 1. The summed E-state index contributed by atoms with van der Waals surface area (Å²) in [7, 11) is 1.56. The van der Waals surface area contributed by atoms with Crippen LogP contribution in [0.2, 0.25) is 0 Å². The van der Waals surface area contributed by atoms with E-state index in [0.29, 0.717) is 39.7 Å². The number of halogens is 2. The number of ether oxygens (including phenoxy) is 1. The van der Waals surface area contributed by atoms with Gasteiger partial charge in [-0.05, 0) is 50.3 Å². The first-order chi connectivity index (χ1) is 18.3. The van der Waals surface area contributed by atoms with E-state index in [1.54, 1.807) is 14.0 Å². The number of hydrogen-bond donors (Lipinski definition) is 2. The zero-order valence-electron chi connectivity index (χ0n) is 21.7. The molecule has 3 aromatic heterocycles. The maximum absolute atomic E-state index is 13.2. The van der Waals surface area contributed by atoms with Crippen LogP contribution in [0.5, 0.6) is 5.88 Å². The molecule has 200 valence electrons. The van der Waals surface area contributed by atoms with Crippen molar-refractivity contribution in [2.24, 2.45) is 5.41 Å². The molecule has 38 heavy (non-hydrogen) atoms. The van der Waals surface area contributed by atoms with E-state index in [1.165, 1.54) is 4.57 Å². The maximum Gasteiger partial charge on any atom is 0.256 e. The number of nitrogens with one attached hydrogen (secondary N) is 2. The topological polar surface area (TPSA) is 101 Å². The van der Waals surface area contributed by atoms with Gasteiger partial charge in [0.2, 0.25) is 17.7 Å². The Labute approximate surface area is 218 Å². The van der Waals surface area contributed by atoms with Gasteiger partial charge in [0.1, 0.15) is 11.5 Å². The molecule has 4 aromatic rings. The predicted molar refractivity (Wildman–Crippen MR) is 140 cm³/mol. The van der Waals surface area contributed by atoms with E-state index in [9.17, 15) is 13.6 Å². The highest BCUT2D eigenvalue weighted by atomic mass is 19.3. The zero-order chi connectivity index (χ0) is 26.6. The van der Waals surface area contributed by atoms with Crippen molar-refractivity contribution >= 4 is 33.9 Å². The third kappa shape index (κ3) is 4.13. The molecule has 2 fully saturated rings. The Bertz CT molecular complexity index is 1520. The lowest BCUT2D eigenvalue weighted by atomic mass is 9.66. The van der Waals surface area contributed by atoms with E-state index in [1.807, 2.05) is 36.2 Å². The minimum absolute atomic E-state index is 0.101. The minimum Gasteiger partial charge on any atom is -0.480 e. The van der Waals surface area contributed by atoms with E-state index >= 15 is 0 Å². The van der Waals surface area contributed by atoms with Gasteiger partial charge in [0.15, 0.2) is 0 Å². The van der Waals surface area contributed by atoms with Crippen LogP contribution in [-0.2, 0) is 11.3 Å². The predicted octanol–water partition coefficient (Wildman–Crippen LogP) is 4.76. The Hall–Kier alpha value is -3.76. The zero-order valence-corrected chi connectivity index (χ0v) is 21.7. The van der Waals surface area contributed by atoms with Crippen LogP contribution in [0, 0.1) is 12.3 Å². The van der Waals surface area contributed by atoms with Gasteiger partial charge in [-0.3, -0.25) is 4.79 Å². The van der Waals surface area contributed by atoms with Crippen LogP contribution in [0.4, 0.5) is 14.7 Å². The summed E-state index contributed by atoms with van der Waals surface area (Å²) >= 11 is 0. The quantitative estimate of drug-likeness (QED) is 0.362. The van der Waals surface area contributed by atoms with Gasteiger partial charge < -0.3 is 24.5 Å². The Morgan fingerprint density at radius 3 is 2.71 bits per heavy atom. The smallest absolute Gasteiger partial charge is 0.256 e. The highest BCUT2D eigenvalue weighted by molar-refractivity contribution is 5.99. The maximum atomic E-state index is 13.2. The monoisotopic (exact) mass is 523 g/mol. The van der Waals surface area contributed by atoms with Gasteiger partial charge in [-0.25, -0.2) is 13.8 Å². The molecule has 1 aliphatic carbocycles. The van der Waals surface area contributed by atoms with Crippen molar-refractivity contribution in [3.8, 4) is 17.0 Å². The van der Waals surface area contributed by atoms with Gasteiger partial charge in [0, 0.05) is 30.9 Å². The van der Waals surface area contributed by atoms with Crippen molar-refractivity contribution in [1.29, 1.82) is 0 Å². The van der Waals surface area contributed by atoms with Crippen molar-refractivity contribution in [3.63, 3.8) is 0 Å². The lowest BCUT2D eigenvalue weighted by Gasteiger charge is -2.45. The molecule has 2 aliphatic rings. The number of aromatic amines is 1. The van der Waals surface area contributed by atoms with Crippen LogP contribution in [-0.4, -0.2) is 68.0 Å². The second-order valence-electron chi connectivity index (χ2n) is 10.7. The van der Waals surface area contributed by atoms with E-state index in [4.69, 9.17) is 4.74 Å². The molecule has 1 aliphatic heterocycles. The minimum atomic E-state index is -2.48. The number of rotatable bonds is 7. The van der Waals surface area contributed by atoms with Gasteiger partial charge in [0.05, 0.1) is 35.5 Å². The first-order valence-corrected chi connectivity index (χ1v) is 13.0. The molecule has 4 heterocycles. The normalized spacial score (nSPS) is 21.4. The molecule has 0 spiro atoms. The Balaban J connectivity index is 1.26. The van der Waals surface area contributed by atoms with Gasteiger partial charge in [0.25, 0.3) is 6.43 Å². The average molecular weight is 524 g/mol. The molecule has 0 unspecified atom stereocenters. The molecular weight excluding hydrogens is 492 g/mol. The number of carbonyl (C=O) groups is 1. The summed E-state index contributed by atoms with van der Waals surface area (Å²) in [6.45, 7) is 5.08. The summed E-state index contributed by atoms with van der Waals surface area (Å²) in [5.74, 6) is 1.63. The van der Waals surface area contributed by atoms with Crippen LogP contribution >= 0.6 is 0 Å². The summed E-state index contributed by atoms with van der Waals surface area (Å²) in [5.41, 5.74) is 3.18. The van der Waals surface area contributed by atoms with Gasteiger partial charge in [-0.1, -0.05) is 13.0 Å². The number of alkyl halides is 2. The summed E-state index contributed by atoms with van der Waals surface area (Å²) in [5, 5.41) is 4.08. The Morgan fingerprint density at radius 1 is 1.24 bits per heavy atom. The number of amides is 1. The van der Waals surface area contributed by atoms with Crippen molar-refractivity contribution in [3.05, 3.63) is 30.2 Å². The molecule has 0 radical (unpaired) electrons. The van der Waals surface area contributed by atoms with Crippen LogP contribution < -0.4 is 10.1 Å². The number of H-pyrrole nitrogens is 1. The molecule has 1 amide bonds. The van der Waals surface area contributed by atoms with Gasteiger partial charge >= 0.3 is 0 Å². The molecule has 2 N–H and O–H groups in total. The summed E-state index contributed by atoms with van der Waals surface area (Å²) in [6.07, 6.45) is 2.98. The fraction of sp³-hybridized carbons (Fsp3) is 0.481. The lowest BCUT2D eigenvalue weighted by Crippen LogP contribution is -2.53. The standard InChI is InChI=1S/C27H31F2N7O2/c1-15-31-19-7-6-16(10-20(19)36(15)14-21(28)29)18-13-30-23-22(18)24(38-3)34-26(33-23)32-17-11-27(2,12-17)25(37)35-8-4-5-9-35/h6-7,10,13,17,21H,4-5,8-9,11-12,14H2,1-3H3,(H2,30,32,33,34). The largest absolute Gasteiger partial charge is 0.480 e. The van der Waals surface area contributed by atoms with Crippen molar-refractivity contribution < 1.29 is 18.3 Å². The average Bonchev–Trinajstić information content (AvgIpc) is 3.61. The molecule has 11 heteroatoms. The number of aromatic nitrogens is 5. The van der Waals surface area contributed by atoms with Gasteiger partial charge in [-0.15, -0.1) is 0 Å². The fourth-order valence-corrected chi connectivity index (χ4v) is 6.01. The highest BCUT2D eigenvalue weighted by Crippen LogP contribution is 2.44. The molecular formula is C27H31F2N7O2. The number of aryl methyl sites for hydroxylation is 1. The second-order valence-corrected chi connectivity index (χ2v) is 10.7. The number of benzene rings is 1. The molecule has 9 nitrogen and oxygen atoms in total. The first-order valence-electron chi connectivity index (χ1n) is 13.0. The Morgan fingerprint density at radius 2 is 2.00 bits per heavy atom. The van der Waals surface area contributed by atoms with Crippen LogP contribution in [0.3, 0.4) is 0 Å². The number of likely N-dealkylation sites (tertiary alicyclic amines) is 1. The lowest BCUT2D eigenvalue weighted by molar-refractivity contribution is -0.145. The third-order valence-corrected chi connectivity index (χ3v) is 7.90. The van der Waals surface area contributed by atoms with Crippen LogP contribution in [0.25, 0.3) is 33.2 Å². The molecule has 6 rings (SSSR count). The number of nitrogens with zero attached hydrogens (tertiary/aromatic N) is 5. The molecule has 1 aromatic carbocycles. The van der Waals surface area contributed by atoms with Crippen molar-refractivity contribution in [2.75, 3.05) is 25.5 Å². The number of methoxy groups -OCH3 is 1. The third-order valence-electron chi connectivity index (χ3n) is 7.90. The molecule has 1 saturated carbocycles. The van der Waals surface area contributed by atoms with Crippen LogP contribution in [0.1, 0.15) is 38.4 Å². The summed E-state index contributed by atoms with van der Waals surface area (Å²) in [4.78, 5) is 31.8. The molecule has 1 saturated heterocycles. The van der Waals surface area contributed by atoms with Crippen molar-refractivity contribution in [2.45, 2.75) is 58.5 Å². The van der Waals surface area contributed by atoms with E-state index in [0.717, 1.165) is 49.9 Å². The Kier molecular flexibility index (Phi) is 5.96. The van der Waals surface area contributed by atoms with E-state index in [2.05, 4.69) is 25.3 Å². The fourth-order valence-electron chi connectivity index (χ4n) is 6.01. The highest BCUT2D eigenvalue weighted by Gasteiger charge is 2.48. The molecule has 0 bridgehead atoms.